The number of carbonyl (C=O) groups excluding carboxylic acids is 1. The van der Waals surface area contributed by atoms with E-state index >= 15 is 0 Å². The monoisotopic (exact) mass is 291 g/mol. The average molecular weight is 291 g/mol. The lowest BCUT2D eigenvalue weighted by Gasteiger charge is -2.33. The third kappa shape index (κ3) is 5.34. The lowest BCUT2D eigenvalue weighted by atomic mass is 10.1. The number of nitrogens with one attached hydrogen (secondary N) is 1. The molecule has 116 valence electrons. The van der Waals surface area contributed by atoms with Gasteiger partial charge in [-0.3, -0.25) is 4.98 Å². The third-order valence-electron chi connectivity index (χ3n) is 3.46. The number of aromatic nitrogens is 1. The smallest absolute Gasteiger partial charge is 0.410 e. The first-order chi connectivity index (χ1) is 9.94. The summed E-state index contributed by atoms with van der Waals surface area (Å²) in [6.45, 7) is 8.01. The Morgan fingerprint density at radius 3 is 2.71 bits per heavy atom. The molecule has 0 saturated carbocycles. The molecule has 1 fully saturated rings. The normalized spacial score (nSPS) is 16.8. The molecule has 0 unspecified atom stereocenters. The Morgan fingerprint density at radius 1 is 1.43 bits per heavy atom. The molecule has 5 nitrogen and oxygen atoms in total. The van der Waals surface area contributed by atoms with Gasteiger partial charge >= 0.3 is 6.09 Å². The summed E-state index contributed by atoms with van der Waals surface area (Å²) >= 11 is 0. The van der Waals surface area contributed by atoms with Crippen LogP contribution in [0.5, 0.6) is 0 Å². The Bertz CT molecular complexity index is 448. The van der Waals surface area contributed by atoms with Gasteiger partial charge in [-0.15, -0.1) is 0 Å². The van der Waals surface area contributed by atoms with Crippen molar-refractivity contribution in [3.05, 3.63) is 30.1 Å². The van der Waals surface area contributed by atoms with Crippen molar-refractivity contribution in [2.45, 2.75) is 51.8 Å². The number of carbonyl (C=O) groups is 1. The van der Waals surface area contributed by atoms with Crippen molar-refractivity contribution in [1.82, 2.24) is 15.2 Å². The number of hydrogen-bond donors (Lipinski definition) is 1. The second-order valence-corrected chi connectivity index (χ2v) is 6.48. The quantitative estimate of drug-likeness (QED) is 0.930. The molecule has 1 aliphatic heterocycles. The number of piperidine rings is 1. The topological polar surface area (TPSA) is 54.5 Å². The summed E-state index contributed by atoms with van der Waals surface area (Å²) < 4.78 is 5.40. The lowest BCUT2D eigenvalue weighted by Crippen LogP contribution is -2.46. The van der Waals surface area contributed by atoms with Crippen LogP contribution in [0.15, 0.2) is 24.5 Å². The van der Waals surface area contributed by atoms with Gasteiger partial charge < -0.3 is 15.0 Å². The summed E-state index contributed by atoms with van der Waals surface area (Å²) in [5.74, 6) is 0. The molecule has 0 atom stereocenters. The Kier molecular flexibility index (Phi) is 5.17. The first kappa shape index (κ1) is 15.8. The van der Waals surface area contributed by atoms with Gasteiger partial charge in [0.15, 0.2) is 0 Å². The molecule has 0 aliphatic carbocycles. The molecule has 2 heterocycles. The van der Waals surface area contributed by atoms with Crippen LogP contribution in [0.3, 0.4) is 0 Å². The van der Waals surface area contributed by atoms with Crippen LogP contribution in [0.1, 0.15) is 39.2 Å². The number of pyridine rings is 1. The second kappa shape index (κ2) is 6.89. The van der Waals surface area contributed by atoms with Crippen molar-refractivity contribution in [2.75, 3.05) is 13.1 Å². The van der Waals surface area contributed by atoms with Gasteiger partial charge in [0, 0.05) is 38.1 Å². The maximum atomic E-state index is 12.0. The van der Waals surface area contributed by atoms with Gasteiger partial charge in [-0.05, 0) is 45.2 Å². The van der Waals surface area contributed by atoms with Gasteiger partial charge in [0.05, 0.1) is 0 Å². The molecule has 21 heavy (non-hydrogen) atoms. The fourth-order valence-corrected chi connectivity index (χ4v) is 2.36. The first-order valence-corrected chi connectivity index (χ1v) is 7.54. The van der Waals surface area contributed by atoms with E-state index in [1.165, 1.54) is 5.56 Å². The van der Waals surface area contributed by atoms with E-state index in [4.69, 9.17) is 4.74 Å². The summed E-state index contributed by atoms with van der Waals surface area (Å²) in [6.07, 6.45) is 5.37. The molecule has 0 aromatic carbocycles. The van der Waals surface area contributed by atoms with E-state index in [0.717, 1.165) is 32.5 Å². The molecule has 5 heteroatoms. The minimum Gasteiger partial charge on any atom is -0.444 e. The zero-order chi connectivity index (χ0) is 15.3. The van der Waals surface area contributed by atoms with Crippen molar-refractivity contribution in [3.8, 4) is 0 Å². The molecule has 1 aromatic rings. The first-order valence-electron chi connectivity index (χ1n) is 7.54. The highest BCUT2D eigenvalue weighted by Gasteiger charge is 2.26. The highest BCUT2D eigenvalue weighted by Crippen LogP contribution is 2.15. The van der Waals surface area contributed by atoms with Gasteiger partial charge in [0.25, 0.3) is 0 Å². The third-order valence-corrected chi connectivity index (χ3v) is 3.46. The number of rotatable bonds is 3. The van der Waals surface area contributed by atoms with Crippen molar-refractivity contribution < 1.29 is 9.53 Å². The van der Waals surface area contributed by atoms with Crippen LogP contribution < -0.4 is 5.32 Å². The summed E-state index contributed by atoms with van der Waals surface area (Å²) in [7, 11) is 0. The molecule has 1 saturated heterocycles. The van der Waals surface area contributed by atoms with E-state index in [-0.39, 0.29) is 6.09 Å². The molecular formula is C16H25N3O2. The fourth-order valence-electron chi connectivity index (χ4n) is 2.36. The number of amides is 1. The van der Waals surface area contributed by atoms with Crippen molar-refractivity contribution in [1.29, 1.82) is 0 Å². The standard InChI is InChI=1S/C16H25N3O2/c1-16(2,3)21-15(20)19-9-6-14(7-10-19)18-12-13-5-4-8-17-11-13/h4-5,8,11,14,18H,6-7,9-10,12H2,1-3H3. The van der Waals surface area contributed by atoms with E-state index in [2.05, 4.69) is 16.4 Å². The van der Waals surface area contributed by atoms with E-state index < -0.39 is 5.60 Å². The van der Waals surface area contributed by atoms with E-state index in [1.54, 1.807) is 11.1 Å². The molecule has 1 aromatic heterocycles. The Morgan fingerprint density at radius 2 is 2.14 bits per heavy atom. The summed E-state index contributed by atoms with van der Waals surface area (Å²) in [5, 5.41) is 3.53. The fraction of sp³-hybridized carbons (Fsp3) is 0.625. The number of hydrogen-bond acceptors (Lipinski definition) is 4. The van der Waals surface area contributed by atoms with Crippen LogP contribution in [0, 0.1) is 0 Å². The minimum absolute atomic E-state index is 0.201. The van der Waals surface area contributed by atoms with Crippen LogP contribution >= 0.6 is 0 Å². The maximum absolute atomic E-state index is 12.0. The molecular weight excluding hydrogens is 266 g/mol. The Hall–Kier alpha value is -1.62. The van der Waals surface area contributed by atoms with Gasteiger partial charge in [0.1, 0.15) is 5.60 Å². The van der Waals surface area contributed by atoms with Crippen LogP contribution in [0.4, 0.5) is 4.79 Å². The van der Waals surface area contributed by atoms with Crippen LogP contribution in [0.25, 0.3) is 0 Å². The summed E-state index contributed by atoms with van der Waals surface area (Å²) in [6, 6.07) is 4.46. The van der Waals surface area contributed by atoms with Crippen molar-refractivity contribution in [3.63, 3.8) is 0 Å². The zero-order valence-electron chi connectivity index (χ0n) is 13.1. The largest absolute Gasteiger partial charge is 0.444 e. The molecule has 1 N–H and O–H groups in total. The predicted octanol–water partition coefficient (Wildman–Crippen LogP) is 2.57. The predicted molar refractivity (Wildman–Crippen MR) is 81.9 cm³/mol. The van der Waals surface area contributed by atoms with Crippen molar-refractivity contribution in [2.24, 2.45) is 0 Å². The number of ether oxygens (including phenoxy) is 1. The van der Waals surface area contributed by atoms with Gasteiger partial charge in [-0.25, -0.2) is 4.79 Å². The molecule has 0 radical (unpaired) electrons. The molecule has 0 spiro atoms. The molecule has 0 bridgehead atoms. The van der Waals surface area contributed by atoms with Crippen LogP contribution in [0.2, 0.25) is 0 Å². The van der Waals surface area contributed by atoms with E-state index in [1.807, 2.05) is 33.0 Å². The Balaban J connectivity index is 1.72. The minimum atomic E-state index is -0.424. The zero-order valence-corrected chi connectivity index (χ0v) is 13.1. The lowest BCUT2D eigenvalue weighted by molar-refractivity contribution is 0.0198. The molecule has 1 amide bonds. The second-order valence-electron chi connectivity index (χ2n) is 6.48. The highest BCUT2D eigenvalue weighted by atomic mass is 16.6. The van der Waals surface area contributed by atoms with Crippen LogP contribution in [-0.2, 0) is 11.3 Å². The average Bonchev–Trinajstić information content (AvgIpc) is 2.45. The van der Waals surface area contributed by atoms with Crippen LogP contribution in [-0.4, -0.2) is 40.7 Å². The summed E-state index contributed by atoms with van der Waals surface area (Å²) in [5.41, 5.74) is 0.763. The van der Waals surface area contributed by atoms with Crippen molar-refractivity contribution >= 4 is 6.09 Å². The van der Waals surface area contributed by atoms with Gasteiger partial charge in [-0.1, -0.05) is 6.07 Å². The molecule has 1 aliphatic rings. The maximum Gasteiger partial charge on any atom is 0.410 e. The molecule has 2 rings (SSSR count). The van der Waals surface area contributed by atoms with E-state index in [0.29, 0.717) is 6.04 Å². The van der Waals surface area contributed by atoms with E-state index in [9.17, 15) is 4.79 Å². The van der Waals surface area contributed by atoms with Gasteiger partial charge in [-0.2, -0.15) is 0 Å². The van der Waals surface area contributed by atoms with Gasteiger partial charge in [0.2, 0.25) is 0 Å². The summed E-state index contributed by atoms with van der Waals surface area (Å²) in [4.78, 5) is 17.9. The number of likely N-dealkylation sites (tertiary alicyclic amines) is 1. The SMILES string of the molecule is CC(C)(C)OC(=O)N1CCC(NCc2cccnc2)CC1. The Labute approximate surface area is 126 Å². The highest BCUT2D eigenvalue weighted by molar-refractivity contribution is 5.68. The number of nitrogens with zero attached hydrogens (tertiary/aromatic N) is 2.